The van der Waals surface area contributed by atoms with Crippen LogP contribution in [0.4, 0.5) is 0 Å². The zero-order valence-electron chi connectivity index (χ0n) is 13.6. The summed E-state index contributed by atoms with van der Waals surface area (Å²) in [6, 6.07) is 25.0. The van der Waals surface area contributed by atoms with Crippen LogP contribution in [0.1, 0.15) is 11.1 Å². The van der Waals surface area contributed by atoms with Gasteiger partial charge in [-0.2, -0.15) is 0 Å². The fourth-order valence-electron chi connectivity index (χ4n) is 2.96. The predicted octanol–water partition coefficient (Wildman–Crippen LogP) is 5.72. The minimum absolute atomic E-state index is 0.582. The molecular formula is C22H19NO. The van der Waals surface area contributed by atoms with E-state index >= 15 is 0 Å². The molecule has 0 amide bonds. The molecule has 2 heteroatoms. The molecule has 0 aliphatic rings. The molecule has 4 rings (SSSR count). The van der Waals surface area contributed by atoms with Crippen molar-refractivity contribution in [3.63, 3.8) is 0 Å². The summed E-state index contributed by atoms with van der Waals surface area (Å²) in [6.45, 7) is 2.70. The van der Waals surface area contributed by atoms with Gasteiger partial charge in [0.15, 0.2) is 0 Å². The lowest BCUT2D eigenvalue weighted by atomic mass is 10.0. The third-order valence-corrected chi connectivity index (χ3v) is 4.30. The monoisotopic (exact) mass is 313 g/mol. The summed E-state index contributed by atoms with van der Waals surface area (Å²) in [6.07, 6.45) is 2.05. The van der Waals surface area contributed by atoms with E-state index in [2.05, 4.69) is 54.4 Å². The van der Waals surface area contributed by atoms with Crippen LogP contribution in [0.3, 0.4) is 0 Å². The fraction of sp³-hybridized carbons (Fsp3) is 0.0909. The maximum Gasteiger partial charge on any atom is 0.120 e. The lowest BCUT2D eigenvalue weighted by molar-refractivity contribution is 0.306. The minimum atomic E-state index is 0.582. The molecule has 4 aromatic rings. The van der Waals surface area contributed by atoms with Crippen molar-refractivity contribution in [2.75, 3.05) is 0 Å². The van der Waals surface area contributed by atoms with E-state index in [-0.39, 0.29) is 0 Å². The Morgan fingerprint density at radius 1 is 0.833 bits per heavy atom. The number of fused-ring (bicyclic) bond motifs is 1. The molecule has 0 saturated carbocycles. The Kier molecular flexibility index (Phi) is 3.80. The molecule has 24 heavy (non-hydrogen) atoms. The van der Waals surface area contributed by atoms with Crippen LogP contribution in [-0.4, -0.2) is 4.98 Å². The van der Waals surface area contributed by atoms with Gasteiger partial charge in [0.2, 0.25) is 0 Å². The van der Waals surface area contributed by atoms with Crippen LogP contribution in [0.5, 0.6) is 5.75 Å². The highest BCUT2D eigenvalue weighted by Gasteiger charge is 2.04. The molecule has 0 aliphatic carbocycles. The number of H-pyrrole nitrogens is 1. The van der Waals surface area contributed by atoms with Crippen molar-refractivity contribution in [2.24, 2.45) is 0 Å². The van der Waals surface area contributed by atoms with Gasteiger partial charge in [0.1, 0.15) is 12.4 Å². The largest absolute Gasteiger partial charge is 0.489 e. The van der Waals surface area contributed by atoms with Gasteiger partial charge in [0, 0.05) is 17.1 Å². The molecule has 0 saturated heterocycles. The molecule has 0 unspecified atom stereocenters. The highest BCUT2D eigenvalue weighted by atomic mass is 16.5. The van der Waals surface area contributed by atoms with E-state index in [9.17, 15) is 0 Å². The maximum absolute atomic E-state index is 5.94. The minimum Gasteiger partial charge on any atom is -0.489 e. The number of nitrogens with one attached hydrogen (secondary N) is 1. The summed E-state index contributed by atoms with van der Waals surface area (Å²) >= 11 is 0. The topological polar surface area (TPSA) is 25.0 Å². The molecule has 3 aromatic carbocycles. The van der Waals surface area contributed by atoms with Gasteiger partial charge in [-0.3, -0.25) is 0 Å². The summed E-state index contributed by atoms with van der Waals surface area (Å²) in [4.78, 5) is 3.33. The SMILES string of the molecule is Cc1c[nH]c2cc(-c3cccc(OCc4ccccc4)c3)ccc12. The lowest BCUT2D eigenvalue weighted by Gasteiger charge is -2.09. The zero-order valence-corrected chi connectivity index (χ0v) is 13.6. The van der Waals surface area contributed by atoms with E-state index in [1.807, 2.05) is 36.5 Å². The van der Waals surface area contributed by atoms with Crippen LogP contribution in [0.15, 0.2) is 79.0 Å². The molecule has 0 aliphatic heterocycles. The smallest absolute Gasteiger partial charge is 0.120 e. The Hall–Kier alpha value is -3.00. The Balaban J connectivity index is 1.59. The first-order valence-corrected chi connectivity index (χ1v) is 8.14. The summed E-state index contributed by atoms with van der Waals surface area (Å²) in [5.74, 6) is 0.888. The maximum atomic E-state index is 5.94. The first-order chi connectivity index (χ1) is 11.8. The van der Waals surface area contributed by atoms with E-state index in [1.54, 1.807) is 0 Å². The van der Waals surface area contributed by atoms with Crippen molar-refractivity contribution in [3.8, 4) is 16.9 Å². The van der Waals surface area contributed by atoms with Crippen LogP contribution >= 0.6 is 0 Å². The predicted molar refractivity (Wildman–Crippen MR) is 99.2 cm³/mol. The van der Waals surface area contributed by atoms with E-state index in [0.717, 1.165) is 11.3 Å². The Bertz CT molecular complexity index is 970. The first-order valence-electron chi connectivity index (χ1n) is 8.14. The Morgan fingerprint density at radius 2 is 1.67 bits per heavy atom. The van der Waals surface area contributed by atoms with Gasteiger partial charge in [-0.1, -0.05) is 54.6 Å². The molecule has 2 nitrogen and oxygen atoms in total. The van der Waals surface area contributed by atoms with Gasteiger partial charge in [-0.05, 0) is 47.4 Å². The van der Waals surface area contributed by atoms with Crippen molar-refractivity contribution >= 4 is 10.9 Å². The number of benzene rings is 3. The van der Waals surface area contributed by atoms with E-state index < -0.39 is 0 Å². The van der Waals surface area contributed by atoms with E-state index in [4.69, 9.17) is 4.74 Å². The van der Waals surface area contributed by atoms with Gasteiger partial charge >= 0.3 is 0 Å². The van der Waals surface area contributed by atoms with Gasteiger partial charge in [0.25, 0.3) is 0 Å². The van der Waals surface area contributed by atoms with E-state index in [1.165, 1.54) is 27.6 Å². The molecule has 0 fully saturated rings. The van der Waals surface area contributed by atoms with Crippen LogP contribution in [0.2, 0.25) is 0 Å². The van der Waals surface area contributed by atoms with Crippen molar-refractivity contribution in [2.45, 2.75) is 13.5 Å². The van der Waals surface area contributed by atoms with E-state index in [0.29, 0.717) is 6.61 Å². The second-order valence-corrected chi connectivity index (χ2v) is 6.03. The second-order valence-electron chi connectivity index (χ2n) is 6.03. The normalized spacial score (nSPS) is 10.9. The standard InChI is InChI=1S/C22H19NO/c1-16-14-23-22-13-19(10-11-21(16)22)18-8-5-9-20(12-18)24-15-17-6-3-2-4-7-17/h2-14,23H,15H2,1H3. The fourth-order valence-corrected chi connectivity index (χ4v) is 2.96. The number of hydrogen-bond donors (Lipinski definition) is 1. The third-order valence-electron chi connectivity index (χ3n) is 4.30. The first kappa shape index (κ1) is 14.6. The highest BCUT2D eigenvalue weighted by Crippen LogP contribution is 2.28. The van der Waals surface area contributed by atoms with Crippen LogP contribution in [0.25, 0.3) is 22.0 Å². The molecule has 1 aromatic heterocycles. The summed E-state index contributed by atoms with van der Waals surface area (Å²) in [7, 11) is 0. The zero-order chi connectivity index (χ0) is 16.4. The lowest BCUT2D eigenvalue weighted by Crippen LogP contribution is -1.95. The molecule has 0 radical (unpaired) electrons. The average molecular weight is 313 g/mol. The molecule has 1 heterocycles. The van der Waals surface area contributed by atoms with Gasteiger partial charge in [0.05, 0.1) is 0 Å². The molecule has 0 spiro atoms. The summed E-state index contributed by atoms with van der Waals surface area (Å²) < 4.78 is 5.94. The molecular weight excluding hydrogens is 294 g/mol. The Morgan fingerprint density at radius 3 is 2.54 bits per heavy atom. The molecule has 0 bridgehead atoms. The number of rotatable bonds is 4. The summed E-state index contributed by atoms with van der Waals surface area (Å²) in [5, 5.41) is 1.27. The van der Waals surface area contributed by atoms with Crippen LogP contribution in [0, 0.1) is 6.92 Å². The van der Waals surface area contributed by atoms with Gasteiger partial charge in [-0.15, -0.1) is 0 Å². The van der Waals surface area contributed by atoms with Crippen molar-refractivity contribution < 1.29 is 4.74 Å². The van der Waals surface area contributed by atoms with Gasteiger partial charge < -0.3 is 9.72 Å². The van der Waals surface area contributed by atoms with Gasteiger partial charge in [-0.25, -0.2) is 0 Å². The second kappa shape index (κ2) is 6.25. The van der Waals surface area contributed by atoms with Crippen molar-refractivity contribution in [1.29, 1.82) is 0 Å². The average Bonchev–Trinajstić information content (AvgIpc) is 3.02. The number of aryl methyl sites for hydroxylation is 1. The van der Waals surface area contributed by atoms with Crippen molar-refractivity contribution in [3.05, 3.63) is 90.1 Å². The van der Waals surface area contributed by atoms with Crippen molar-refractivity contribution in [1.82, 2.24) is 4.98 Å². The van der Waals surface area contributed by atoms with Crippen LogP contribution < -0.4 is 4.74 Å². The van der Waals surface area contributed by atoms with Crippen LogP contribution in [-0.2, 0) is 6.61 Å². The Labute approximate surface area is 141 Å². The number of ether oxygens (including phenoxy) is 1. The molecule has 1 N–H and O–H groups in total. The number of aromatic nitrogens is 1. The molecule has 118 valence electrons. The molecule has 0 atom stereocenters. The number of hydrogen-bond acceptors (Lipinski definition) is 1. The third kappa shape index (κ3) is 2.91. The summed E-state index contributed by atoms with van der Waals surface area (Å²) in [5.41, 5.74) is 5.97. The highest BCUT2D eigenvalue weighted by molar-refractivity contribution is 5.87. The quantitative estimate of drug-likeness (QED) is 0.512. The number of aromatic amines is 1.